The highest BCUT2D eigenvalue weighted by Crippen LogP contribution is 1.58. The van der Waals surface area contributed by atoms with Crippen molar-refractivity contribution < 1.29 is 0 Å². The fraction of sp³-hybridized carbons (Fsp3) is 0.333. The minimum Gasteiger partial charge on any atom is -0.120 e. The van der Waals surface area contributed by atoms with Crippen LogP contribution in [0.5, 0.6) is 0 Å². The van der Waals surface area contributed by atoms with Crippen LogP contribution in [0.15, 0.2) is 13.2 Å². The summed E-state index contributed by atoms with van der Waals surface area (Å²) in [5.41, 5.74) is 0. The summed E-state index contributed by atoms with van der Waals surface area (Å²) in [7, 11) is 0. The predicted octanol–water partition coefficient (Wildman–Crippen LogP) is 1.83. The summed E-state index contributed by atoms with van der Waals surface area (Å²) in [5.74, 6) is 2.43. The summed E-state index contributed by atoms with van der Waals surface area (Å²) in [6.45, 7) is 7.94. The lowest BCUT2D eigenvalue weighted by atomic mass is 10.5. The van der Waals surface area contributed by atoms with E-state index >= 15 is 0 Å². The van der Waals surface area contributed by atoms with Gasteiger partial charge in [0.25, 0.3) is 0 Å². The van der Waals surface area contributed by atoms with Gasteiger partial charge in [0, 0.05) is 6.42 Å². The fourth-order valence-corrected chi connectivity index (χ4v) is 0. The smallest absolute Gasteiger partial charge is 0.00576 e. The van der Waals surface area contributed by atoms with E-state index in [2.05, 4.69) is 19.1 Å². The Morgan fingerprint density at radius 3 is 1.83 bits per heavy atom. The maximum absolute atomic E-state index is 4.78. The first-order valence-corrected chi connectivity index (χ1v) is 1.85. The van der Waals surface area contributed by atoms with Crippen molar-refractivity contribution in [3.8, 4) is 12.3 Å². The molecule has 0 aliphatic carbocycles. The SMILES string of the molecule is C#CCC.C=C. The largest absolute Gasteiger partial charge is 0.120 e. The monoisotopic (exact) mass is 82.1 g/mol. The van der Waals surface area contributed by atoms with Gasteiger partial charge in [-0.1, -0.05) is 6.92 Å². The second-order valence-corrected chi connectivity index (χ2v) is 0.558. The molecule has 0 bridgehead atoms. The van der Waals surface area contributed by atoms with Gasteiger partial charge in [-0.2, -0.15) is 0 Å². The van der Waals surface area contributed by atoms with Crippen LogP contribution in [-0.4, -0.2) is 0 Å². The first-order valence-electron chi connectivity index (χ1n) is 1.85. The van der Waals surface area contributed by atoms with Gasteiger partial charge < -0.3 is 0 Å². The molecule has 34 valence electrons. The highest BCUT2D eigenvalue weighted by molar-refractivity contribution is 4.80. The lowest BCUT2D eigenvalue weighted by Crippen LogP contribution is -1.38. The fourth-order valence-electron chi connectivity index (χ4n) is 0. The molecule has 0 saturated heterocycles. The van der Waals surface area contributed by atoms with Crippen molar-refractivity contribution in [2.75, 3.05) is 0 Å². The first-order chi connectivity index (χ1) is 2.91. The topological polar surface area (TPSA) is 0 Å². The Balaban J connectivity index is 0. The van der Waals surface area contributed by atoms with E-state index < -0.39 is 0 Å². The van der Waals surface area contributed by atoms with E-state index in [1.807, 2.05) is 6.92 Å². The van der Waals surface area contributed by atoms with Gasteiger partial charge >= 0.3 is 0 Å². The highest BCUT2D eigenvalue weighted by Gasteiger charge is 1.43. The Bertz CT molecular complexity index is 38.5. The molecule has 0 saturated carbocycles. The van der Waals surface area contributed by atoms with Crippen LogP contribution in [0.4, 0.5) is 0 Å². The third kappa shape index (κ3) is 194. The second-order valence-electron chi connectivity index (χ2n) is 0.558. The summed E-state index contributed by atoms with van der Waals surface area (Å²) in [4.78, 5) is 0. The summed E-state index contributed by atoms with van der Waals surface area (Å²) in [6.07, 6.45) is 5.62. The molecule has 0 heteroatoms. The third-order valence-corrected chi connectivity index (χ3v) is 0.204. The zero-order chi connectivity index (χ0) is 5.41. The Kier molecular flexibility index (Phi) is 41.6. The maximum Gasteiger partial charge on any atom is 0.00576 e. The molecule has 0 nitrogen and oxygen atoms in total. The molecule has 0 aromatic rings. The zero-order valence-electron chi connectivity index (χ0n) is 4.20. The average molecular weight is 82.1 g/mol. The minimum atomic E-state index is 0.847. The molecule has 0 rings (SSSR count). The molecule has 0 atom stereocenters. The first kappa shape index (κ1) is 9.00. The Hall–Kier alpha value is -0.700. The van der Waals surface area contributed by atoms with Gasteiger partial charge in [0.2, 0.25) is 0 Å². The molecule has 0 aliphatic heterocycles. The Labute approximate surface area is 39.9 Å². The molecule has 0 unspecified atom stereocenters. The van der Waals surface area contributed by atoms with E-state index in [0.717, 1.165) is 6.42 Å². The number of terminal acetylenes is 1. The Morgan fingerprint density at radius 1 is 1.67 bits per heavy atom. The van der Waals surface area contributed by atoms with Crippen LogP contribution in [0.3, 0.4) is 0 Å². The zero-order valence-corrected chi connectivity index (χ0v) is 4.20. The molecule has 6 heavy (non-hydrogen) atoms. The van der Waals surface area contributed by atoms with Gasteiger partial charge in [0.1, 0.15) is 0 Å². The standard InChI is InChI=1S/C4H6.C2H4/c1-3-4-2;1-2/h1H,4H2,2H3;1-2H2. The molecule has 0 fully saturated rings. The molecule has 0 N–H and O–H groups in total. The van der Waals surface area contributed by atoms with Crippen molar-refractivity contribution in [3.63, 3.8) is 0 Å². The van der Waals surface area contributed by atoms with Gasteiger partial charge in [-0.15, -0.1) is 25.5 Å². The van der Waals surface area contributed by atoms with Crippen LogP contribution in [0, 0.1) is 12.3 Å². The van der Waals surface area contributed by atoms with Crippen LogP contribution in [0.2, 0.25) is 0 Å². The quantitative estimate of drug-likeness (QED) is 0.309. The molecule has 0 spiro atoms. The highest BCUT2D eigenvalue weighted by atomic mass is 13.5. The van der Waals surface area contributed by atoms with E-state index in [1.54, 1.807) is 0 Å². The molecule has 0 heterocycles. The van der Waals surface area contributed by atoms with E-state index in [9.17, 15) is 0 Å². The number of hydrogen-bond donors (Lipinski definition) is 0. The normalized spacial score (nSPS) is 4.00. The van der Waals surface area contributed by atoms with Gasteiger partial charge in [-0.3, -0.25) is 0 Å². The summed E-state index contributed by atoms with van der Waals surface area (Å²) >= 11 is 0. The van der Waals surface area contributed by atoms with Gasteiger partial charge in [0.15, 0.2) is 0 Å². The van der Waals surface area contributed by atoms with E-state index in [4.69, 9.17) is 6.42 Å². The van der Waals surface area contributed by atoms with Gasteiger partial charge in [-0.25, -0.2) is 0 Å². The minimum absolute atomic E-state index is 0.847. The maximum atomic E-state index is 4.78. The van der Waals surface area contributed by atoms with Crippen molar-refractivity contribution in [1.82, 2.24) is 0 Å². The molecule has 0 aromatic heterocycles. The van der Waals surface area contributed by atoms with Crippen molar-refractivity contribution >= 4 is 0 Å². The van der Waals surface area contributed by atoms with E-state index in [1.165, 1.54) is 0 Å². The van der Waals surface area contributed by atoms with Crippen molar-refractivity contribution in [1.29, 1.82) is 0 Å². The van der Waals surface area contributed by atoms with Crippen LogP contribution >= 0.6 is 0 Å². The molecular weight excluding hydrogens is 72.1 g/mol. The third-order valence-electron chi connectivity index (χ3n) is 0.204. The van der Waals surface area contributed by atoms with Crippen molar-refractivity contribution in [2.24, 2.45) is 0 Å². The van der Waals surface area contributed by atoms with E-state index in [0.29, 0.717) is 0 Å². The summed E-state index contributed by atoms with van der Waals surface area (Å²) < 4.78 is 0. The summed E-state index contributed by atoms with van der Waals surface area (Å²) in [6, 6.07) is 0. The van der Waals surface area contributed by atoms with Crippen LogP contribution in [0.25, 0.3) is 0 Å². The van der Waals surface area contributed by atoms with E-state index in [-0.39, 0.29) is 0 Å². The van der Waals surface area contributed by atoms with Crippen LogP contribution < -0.4 is 0 Å². The van der Waals surface area contributed by atoms with Crippen molar-refractivity contribution in [2.45, 2.75) is 13.3 Å². The number of rotatable bonds is 0. The summed E-state index contributed by atoms with van der Waals surface area (Å²) in [5, 5.41) is 0. The lowest BCUT2D eigenvalue weighted by Gasteiger charge is -1.52. The average Bonchev–Trinajstić information content (AvgIpc) is 1.72. The Morgan fingerprint density at radius 2 is 1.83 bits per heavy atom. The molecular formula is C6H10. The lowest BCUT2D eigenvalue weighted by molar-refractivity contribution is 1.28. The predicted molar refractivity (Wildman–Crippen MR) is 30.4 cm³/mol. The molecule has 0 aromatic carbocycles. The van der Waals surface area contributed by atoms with Crippen LogP contribution in [0.1, 0.15) is 13.3 Å². The molecule has 0 radical (unpaired) electrons. The van der Waals surface area contributed by atoms with Crippen LogP contribution in [-0.2, 0) is 0 Å². The second kappa shape index (κ2) is 27.7. The van der Waals surface area contributed by atoms with Gasteiger partial charge in [-0.05, 0) is 0 Å². The molecule has 0 amide bonds. The van der Waals surface area contributed by atoms with Gasteiger partial charge in [0.05, 0.1) is 0 Å². The van der Waals surface area contributed by atoms with Crippen molar-refractivity contribution in [3.05, 3.63) is 13.2 Å². The number of hydrogen-bond acceptors (Lipinski definition) is 0. The molecule has 0 aliphatic rings.